The van der Waals surface area contributed by atoms with Gasteiger partial charge in [0.05, 0.1) is 0 Å². The third-order valence-electron chi connectivity index (χ3n) is 7.22. The van der Waals surface area contributed by atoms with E-state index in [0.717, 1.165) is 62.3 Å². The van der Waals surface area contributed by atoms with Crippen molar-refractivity contribution >= 4 is 16.8 Å². The molecule has 0 atom stereocenters. The first-order valence-electron chi connectivity index (χ1n) is 12.4. The van der Waals surface area contributed by atoms with Crippen LogP contribution in [-0.4, -0.2) is 53.4 Å². The minimum atomic E-state index is -0.185. The van der Waals surface area contributed by atoms with Crippen LogP contribution in [0.3, 0.4) is 0 Å². The van der Waals surface area contributed by atoms with Crippen LogP contribution in [0.25, 0.3) is 10.9 Å². The quantitative estimate of drug-likeness (QED) is 0.404. The Morgan fingerprint density at radius 2 is 1.63 bits per heavy atom. The summed E-state index contributed by atoms with van der Waals surface area (Å²) in [5.74, 6) is -0.0837. The number of hydrogen-bond donors (Lipinski definition) is 1. The van der Waals surface area contributed by atoms with Gasteiger partial charge in [-0.3, -0.25) is 9.69 Å². The van der Waals surface area contributed by atoms with Gasteiger partial charge in [0.25, 0.3) is 5.91 Å². The molecule has 0 radical (unpaired) electrons. The minimum Gasteiger partial charge on any atom is -0.358 e. The number of aromatic nitrogens is 1. The molecule has 0 unspecified atom stereocenters. The molecule has 0 aliphatic carbocycles. The fourth-order valence-electron chi connectivity index (χ4n) is 5.01. The maximum atomic E-state index is 13.4. The predicted molar refractivity (Wildman–Crippen MR) is 139 cm³/mol. The van der Waals surface area contributed by atoms with Gasteiger partial charge in [-0.05, 0) is 85.3 Å². The number of aromatic amines is 1. The third-order valence-corrected chi connectivity index (χ3v) is 7.22. The molecule has 4 aromatic rings. The maximum absolute atomic E-state index is 13.4. The molecule has 2 heterocycles. The normalized spacial score (nSPS) is 14.5. The zero-order valence-corrected chi connectivity index (χ0v) is 20.5. The van der Waals surface area contributed by atoms with E-state index in [1.54, 1.807) is 12.1 Å². The molecular weight excluding hydrogens is 437 g/mol. The molecule has 1 amide bonds. The third kappa shape index (κ3) is 5.30. The van der Waals surface area contributed by atoms with E-state index >= 15 is 0 Å². The van der Waals surface area contributed by atoms with Gasteiger partial charge in [-0.1, -0.05) is 30.3 Å². The van der Waals surface area contributed by atoms with Crippen molar-refractivity contribution in [3.63, 3.8) is 0 Å². The van der Waals surface area contributed by atoms with Crippen molar-refractivity contribution in [3.8, 4) is 0 Å². The molecule has 180 valence electrons. The van der Waals surface area contributed by atoms with Crippen molar-refractivity contribution in [2.45, 2.75) is 26.7 Å². The second-order valence-corrected chi connectivity index (χ2v) is 9.65. The van der Waals surface area contributed by atoms with Gasteiger partial charge in [0.1, 0.15) is 5.82 Å². The van der Waals surface area contributed by atoms with Gasteiger partial charge in [0, 0.05) is 54.9 Å². The molecule has 1 aliphatic heterocycles. The highest BCUT2D eigenvalue weighted by atomic mass is 19.1. The van der Waals surface area contributed by atoms with E-state index in [4.69, 9.17) is 0 Å². The molecule has 0 bridgehead atoms. The number of amides is 1. The lowest BCUT2D eigenvalue weighted by atomic mass is 10.0. The Morgan fingerprint density at radius 3 is 2.43 bits per heavy atom. The lowest BCUT2D eigenvalue weighted by Gasteiger charge is -2.34. The van der Waals surface area contributed by atoms with Crippen LogP contribution in [0.4, 0.5) is 4.39 Å². The summed E-state index contributed by atoms with van der Waals surface area (Å²) < 4.78 is 13.4. The Morgan fingerprint density at radius 1 is 0.886 bits per heavy atom. The number of carbonyl (C=O) groups is 1. The number of halogens is 1. The number of fused-ring (bicyclic) bond motifs is 1. The second kappa shape index (κ2) is 10.0. The topological polar surface area (TPSA) is 39.3 Å². The van der Waals surface area contributed by atoms with Gasteiger partial charge in [-0.25, -0.2) is 4.39 Å². The molecule has 1 fully saturated rings. The van der Waals surface area contributed by atoms with Crippen molar-refractivity contribution in [3.05, 3.63) is 106 Å². The molecule has 5 heteroatoms. The van der Waals surface area contributed by atoms with Gasteiger partial charge in [-0.2, -0.15) is 0 Å². The molecule has 3 aromatic carbocycles. The van der Waals surface area contributed by atoms with Crippen molar-refractivity contribution in [1.29, 1.82) is 0 Å². The molecule has 35 heavy (non-hydrogen) atoms. The lowest BCUT2D eigenvalue weighted by Crippen LogP contribution is -2.49. The summed E-state index contributed by atoms with van der Waals surface area (Å²) in [6.45, 7) is 8.26. The fraction of sp³-hybridized carbons (Fsp3) is 0.300. The zero-order chi connectivity index (χ0) is 24.4. The summed E-state index contributed by atoms with van der Waals surface area (Å²) in [6, 6.07) is 21.4. The molecule has 0 saturated carbocycles. The first kappa shape index (κ1) is 23.3. The van der Waals surface area contributed by atoms with Crippen molar-refractivity contribution < 1.29 is 9.18 Å². The van der Waals surface area contributed by atoms with E-state index in [0.29, 0.717) is 0 Å². The largest absolute Gasteiger partial charge is 0.358 e. The van der Waals surface area contributed by atoms with Gasteiger partial charge < -0.3 is 9.88 Å². The number of carbonyl (C=O) groups excluding carboxylic acids is 1. The van der Waals surface area contributed by atoms with Gasteiger partial charge in [0.2, 0.25) is 0 Å². The van der Waals surface area contributed by atoms with Crippen LogP contribution in [0, 0.1) is 19.7 Å². The number of hydrogen-bond acceptors (Lipinski definition) is 2. The molecule has 0 spiro atoms. The molecule has 1 aliphatic rings. The first-order valence-corrected chi connectivity index (χ1v) is 12.4. The molecule has 5 rings (SSSR count). The predicted octanol–water partition coefficient (Wildman–Crippen LogP) is 5.52. The summed E-state index contributed by atoms with van der Waals surface area (Å²) >= 11 is 0. The lowest BCUT2D eigenvalue weighted by molar-refractivity contribution is 0.0638. The van der Waals surface area contributed by atoms with E-state index in [9.17, 15) is 9.18 Å². The van der Waals surface area contributed by atoms with E-state index in [1.165, 1.54) is 33.8 Å². The van der Waals surface area contributed by atoms with Crippen molar-refractivity contribution in [2.24, 2.45) is 0 Å². The number of aryl methyl sites for hydroxylation is 2. The number of nitrogens with one attached hydrogen (secondary N) is 1. The van der Waals surface area contributed by atoms with Crippen LogP contribution in [0.2, 0.25) is 0 Å². The first-order chi connectivity index (χ1) is 17.0. The van der Waals surface area contributed by atoms with E-state index in [2.05, 4.69) is 48.0 Å². The number of piperazine rings is 1. The van der Waals surface area contributed by atoms with Crippen LogP contribution in [0.15, 0.2) is 66.7 Å². The van der Waals surface area contributed by atoms with Gasteiger partial charge in [0.15, 0.2) is 0 Å². The van der Waals surface area contributed by atoms with Crippen LogP contribution in [0.5, 0.6) is 0 Å². The van der Waals surface area contributed by atoms with Crippen LogP contribution < -0.4 is 0 Å². The molecule has 1 aromatic heterocycles. The van der Waals surface area contributed by atoms with E-state index in [1.807, 2.05) is 29.2 Å². The van der Waals surface area contributed by atoms with Crippen molar-refractivity contribution in [1.82, 2.24) is 14.8 Å². The minimum absolute atomic E-state index is 0.101. The molecule has 4 nitrogen and oxygen atoms in total. The summed E-state index contributed by atoms with van der Waals surface area (Å²) in [5, 5.41) is 1.27. The van der Waals surface area contributed by atoms with Crippen LogP contribution in [-0.2, 0) is 12.8 Å². The Kier molecular flexibility index (Phi) is 6.69. The Hall–Kier alpha value is -3.44. The number of benzene rings is 3. The zero-order valence-electron chi connectivity index (χ0n) is 20.5. The smallest absolute Gasteiger partial charge is 0.253 e. The highest BCUT2D eigenvalue weighted by Gasteiger charge is 2.22. The highest BCUT2D eigenvalue weighted by molar-refractivity contribution is 5.94. The average Bonchev–Trinajstić information content (AvgIpc) is 3.16. The Balaban J connectivity index is 1.19. The summed E-state index contributed by atoms with van der Waals surface area (Å²) in [4.78, 5) is 20.9. The summed E-state index contributed by atoms with van der Waals surface area (Å²) in [7, 11) is 0. The SMILES string of the molecule is Cc1[nH]c2ccc(Cc3cccc(C(=O)N4CCN(CCc5cccc(F)c5)CC4)c3)cc2c1C. The highest BCUT2D eigenvalue weighted by Crippen LogP contribution is 2.24. The summed E-state index contributed by atoms with van der Waals surface area (Å²) in [5.41, 5.74) is 7.83. The Labute approximate surface area is 206 Å². The average molecular weight is 470 g/mol. The molecule has 1 N–H and O–H groups in total. The van der Waals surface area contributed by atoms with Crippen LogP contribution in [0.1, 0.15) is 38.3 Å². The maximum Gasteiger partial charge on any atom is 0.253 e. The second-order valence-electron chi connectivity index (χ2n) is 9.65. The van der Waals surface area contributed by atoms with Crippen LogP contribution >= 0.6 is 0 Å². The summed E-state index contributed by atoms with van der Waals surface area (Å²) in [6.07, 6.45) is 1.62. The standard InChI is InChI=1S/C30H32FN3O/c1-21-22(2)32-29-10-9-25(20-28(21)29)17-24-6-3-7-26(18-24)30(35)34-15-13-33(14-16-34)12-11-23-5-4-8-27(31)19-23/h3-10,18-20,32H,11-17H2,1-2H3. The van der Waals surface area contributed by atoms with E-state index < -0.39 is 0 Å². The van der Waals surface area contributed by atoms with Gasteiger partial charge >= 0.3 is 0 Å². The van der Waals surface area contributed by atoms with Crippen molar-refractivity contribution in [2.75, 3.05) is 32.7 Å². The number of H-pyrrole nitrogens is 1. The molecular formula is C30H32FN3O. The Bertz CT molecular complexity index is 1350. The van der Waals surface area contributed by atoms with E-state index in [-0.39, 0.29) is 11.7 Å². The molecule has 1 saturated heterocycles. The fourth-order valence-corrected chi connectivity index (χ4v) is 5.01. The van der Waals surface area contributed by atoms with Gasteiger partial charge in [-0.15, -0.1) is 0 Å². The number of rotatable bonds is 6. The number of nitrogens with zero attached hydrogens (tertiary/aromatic N) is 2. The monoisotopic (exact) mass is 469 g/mol.